The van der Waals surface area contributed by atoms with Crippen LogP contribution in [0.1, 0.15) is 23.2 Å². The summed E-state index contributed by atoms with van der Waals surface area (Å²) in [5.41, 5.74) is 5.12. The van der Waals surface area contributed by atoms with Gasteiger partial charge in [-0.3, -0.25) is 4.79 Å². The van der Waals surface area contributed by atoms with Crippen molar-refractivity contribution in [2.75, 3.05) is 28.6 Å². The number of anilines is 4. The number of carbonyl (C=O) groups excluding carboxylic acids is 1. The maximum Gasteiger partial charge on any atom is 0.255 e. The summed E-state index contributed by atoms with van der Waals surface area (Å²) in [5.74, 6) is -0.764. The van der Waals surface area contributed by atoms with Crippen molar-refractivity contribution in [1.82, 2.24) is 4.57 Å². The van der Waals surface area contributed by atoms with E-state index < -0.39 is 5.82 Å². The van der Waals surface area contributed by atoms with Crippen LogP contribution in [0.4, 0.5) is 27.1 Å². The molecule has 39 heavy (non-hydrogen) atoms. The Balaban J connectivity index is 1.09. The lowest BCUT2D eigenvalue weighted by atomic mass is 10.1. The third kappa shape index (κ3) is 5.35. The van der Waals surface area contributed by atoms with Crippen LogP contribution in [0.5, 0.6) is 0 Å². The van der Waals surface area contributed by atoms with Gasteiger partial charge in [0.25, 0.3) is 5.91 Å². The largest absolute Gasteiger partial charge is 0.393 e. The number of hydrogen-bond donors (Lipinski definition) is 3. The standard InChI is InChI=1S/C32H29FN4O2/c33-29-21-25(35-32(39)23-5-10-26(11-6-23)36-18-16-28(38)17-19-36)9-14-30(29)34-24-7-12-27(13-8-24)37-20-15-22-3-1-2-4-31(22)37/h1-15,20-21,28,34,38H,16-19H2,(H,35,39). The van der Waals surface area contributed by atoms with E-state index in [1.165, 1.54) is 11.5 Å². The number of para-hydroxylation sites is 1. The zero-order valence-corrected chi connectivity index (χ0v) is 21.3. The third-order valence-electron chi connectivity index (χ3n) is 7.21. The van der Waals surface area contributed by atoms with E-state index in [2.05, 4.69) is 38.3 Å². The molecule has 7 heteroatoms. The number of rotatable bonds is 6. The molecule has 0 bridgehead atoms. The average Bonchev–Trinajstić information content (AvgIpc) is 3.40. The van der Waals surface area contributed by atoms with Crippen molar-refractivity contribution in [3.63, 3.8) is 0 Å². The number of nitrogens with one attached hydrogen (secondary N) is 2. The predicted octanol–water partition coefficient (Wildman–Crippen LogP) is 6.73. The normalized spacial score (nSPS) is 13.9. The Labute approximate surface area is 226 Å². The smallest absolute Gasteiger partial charge is 0.255 e. The number of aliphatic hydroxyl groups excluding tert-OH is 1. The van der Waals surface area contributed by atoms with Crippen molar-refractivity contribution >= 4 is 39.6 Å². The fourth-order valence-electron chi connectivity index (χ4n) is 5.01. The number of hydrogen-bond acceptors (Lipinski definition) is 4. The highest BCUT2D eigenvalue weighted by Gasteiger charge is 2.17. The zero-order chi connectivity index (χ0) is 26.8. The van der Waals surface area contributed by atoms with Crippen LogP contribution in [-0.4, -0.2) is 34.8 Å². The molecule has 6 nitrogen and oxygen atoms in total. The SMILES string of the molecule is O=C(Nc1ccc(Nc2ccc(-n3ccc4ccccc43)cc2)c(F)c1)c1ccc(N2CCC(O)CC2)cc1. The molecule has 1 aliphatic heterocycles. The van der Waals surface area contributed by atoms with E-state index in [9.17, 15) is 14.3 Å². The quantitative estimate of drug-likeness (QED) is 0.232. The maximum atomic E-state index is 14.9. The van der Waals surface area contributed by atoms with Crippen LogP contribution in [0.25, 0.3) is 16.6 Å². The molecule has 2 heterocycles. The lowest BCUT2D eigenvalue weighted by Crippen LogP contribution is -2.35. The van der Waals surface area contributed by atoms with E-state index in [0.717, 1.165) is 48.5 Å². The van der Waals surface area contributed by atoms with Gasteiger partial charge in [0, 0.05) is 47.6 Å². The Morgan fingerprint density at radius 1 is 0.821 bits per heavy atom. The molecule has 0 atom stereocenters. The summed E-state index contributed by atoms with van der Waals surface area (Å²) in [6, 6.07) is 30.0. The maximum absolute atomic E-state index is 14.9. The molecule has 6 rings (SSSR count). The summed E-state index contributed by atoms with van der Waals surface area (Å²) >= 11 is 0. The highest BCUT2D eigenvalue weighted by atomic mass is 19.1. The first-order valence-corrected chi connectivity index (χ1v) is 13.1. The van der Waals surface area contributed by atoms with Gasteiger partial charge in [0.1, 0.15) is 5.82 Å². The first-order chi connectivity index (χ1) is 19.0. The topological polar surface area (TPSA) is 69.5 Å². The molecular weight excluding hydrogens is 491 g/mol. The number of halogens is 1. The van der Waals surface area contributed by atoms with Crippen molar-refractivity contribution in [1.29, 1.82) is 0 Å². The number of fused-ring (bicyclic) bond motifs is 1. The Morgan fingerprint density at radius 3 is 2.26 bits per heavy atom. The van der Waals surface area contributed by atoms with Crippen LogP contribution in [0, 0.1) is 5.82 Å². The van der Waals surface area contributed by atoms with E-state index in [-0.39, 0.29) is 12.0 Å². The minimum Gasteiger partial charge on any atom is -0.393 e. The number of aliphatic hydroxyl groups is 1. The van der Waals surface area contributed by atoms with Crippen molar-refractivity contribution in [2.24, 2.45) is 0 Å². The van der Waals surface area contributed by atoms with Crippen LogP contribution < -0.4 is 15.5 Å². The Morgan fingerprint density at radius 2 is 1.51 bits per heavy atom. The van der Waals surface area contributed by atoms with Gasteiger partial charge >= 0.3 is 0 Å². The molecule has 1 fully saturated rings. The van der Waals surface area contributed by atoms with E-state index in [0.29, 0.717) is 16.9 Å². The lowest BCUT2D eigenvalue weighted by molar-refractivity contribution is 0.102. The van der Waals surface area contributed by atoms with Gasteiger partial charge in [0.15, 0.2) is 0 Å². The lowest BCUT2D eigenvalue weighted by Gasteiger charge is -2.31. The number of nitrogens with zero attached hydrogens (tertiary/aromatic N) is 2. The average molecular weight is 521 g/mol. The molecule has 1 aromatic heterocycles. The van der Waals surface area contributed by atoms with Crippen LogP contribution in [-0.2, 0) is 0 Å². The summed E-state index contributed by atoms with van der Waals surface area (Å²) in [7, 11) is 0. The molecule has 0 unspecified atom stereocenters. The van der Waals surface area contributed by atoms with Gasteiger partial charge in [-0.05, 0) is 97.1 Å². The molecule has 3 N–H and O–H groups in total. The van der Waals surface area contributed by atoms with E-state index >= 15 is 0 Å². The molecule has 4 aromatic carbocycles. The number of piperidine rings is 1. The minimum atomic E-state index is -0.462. The summed E-state index contributed by atoms with van der Waals surface area (Å²) in [4.78, 5) is 14.9. The van der Waals surface area contributed by atoms with Crippen LogP contribution in [0.3, 0.4) is 0 Å². The fraction of sp³-hybridized carbons (Fsp3) is 0.156. The molecule has 1 aliphatic rings. The van der Waals surface area contributed by atoms with Gasteiger partial charge in [0.2, 0.25) is 0 Å². The Bertz CT molecular complexity index is 1600. The third-order valence-corrected chi connectivity index (χ3v) is 7.21. The molecule has 5 aromatic rings. The van der Waals surface area contributed by atoms with Gasteiger partial charge in [0.05, 0.1) is 17.3 Å². The Kier molecular flexibility index (Phi) is 6.73. The van der Waals surface area contributed by atoms with Gasteiger partial charge in [-0.15, -0.1) is 0 Å². The molecule has 1 amide bonds. The molecular formula is C32H29FN4O2. The van der Waals surface area contributed by atoms with E-state index in [1.54, 1.807) is 24.3 Å². The summed E-state index contributed by atoms with van der Waals surface area (Å²) in [5, 5.41) is 16.8. The molecule has 1 saturated heterocycles. The van der Waals surface area contributed by atoms with Crippen LogP contribution >= 0.6 is 0 Å². The fourth-order valence-corrected chi connectivity index (χ4v) is 5.01. The van der Waals surface area contributed by atoms with E-state index in [1.807, 2.05) is 54.7 Å². The van der Waals surface area contributed by atoms with E-state index in [4.69, 9.17) is 0 Å². The number of amides is 1. The van der Waals surface area contributed by atoms with Crippen molar-refractivity contribution in [3.05, 3.63) is 115 Å². The number of carbonyl (C=O) groups is 1. The Hall–Kier alpha value is -4.62. The van der Waals surface area contributed by atoms with Gasteiger partial charge in [-0.1, -0.05) is 18.2 Å². The molecule has 0 radical (unpaired) electrons. The molecule has 196 valence electrons. The molecule has 0 saturated carbocycles. The number of benzene rings is 4. The van der Waals surface area contributed by atoms with Crippen LogP contribution in [0.2, 0.25) is 0 Å². The molecule has 0 spiro atoms. The number of aromatic nitrogens is 1. The first-order valence-electron chi connectivity index (χ1n) is 13.1. The monoisotopic (exact) mass is 520 g/mol. The second kappa shape index (κ2) is 10.6. The molecule has 0 aliphatic carbocycles. The van der Waals surface area contributed by atoms with Crippen LogP contribution in [0.15, 0.2) is 103 Å². The van der Waals surface area contributed by atoms with Gasteiger partial charge in [-0.2, -0.15) is 0 Å². The zero-order valence-electron chi connectivity index (χ0n) is 21.3. The van der Waals surface area contributed by atoms with Crippen molar-refractivity contribution in [2.45, 2.75) is 18.9 Å². The van der Waals surface area contributed by atoms with Gasteiger partial charge in [-0.25, -0.2) is 4.39 Å². The highest BCUT2D eigenvalue weighted by molar-refractivity contribution is 6.04. The summed E-state index contributed by atoms with van der Waals surface area (Å²) in [6.07, 6.45) is 3.30. The predicted molar refractivity (Wildman–Crippen MR) is 155 cm³/mol. The van der Waals surface area contributed by atoms with Gasteiger partial charge < -0.3 is 25.2 Å². The second-order valence-corrected chi connectivity index (χ2v) is 9.83. The minimum absolute atomic E-state index is 0.231. The first kappa shape index (κ1) is 24.7. The van der Waals surface area contributed by atoms with Crippen molar-refractivity contribution < 1.29 is 14.3 Å². The second-order valence-electron chi connectivity index (χ2n) is 9.83. The highest BCUT2D eigenvalue weighted by Crippen LogP contribution is 2.26. The van der Waals surface area contributed by atoms with Crippen molar-refractivity contribution in [3.8, 4) is 5.69 Å². The summed E-state index contributed by atoms with van der Waals surface area (Å²) < 4.78 is 17.0. The summed E-state index contributed by atoms with van der Waals surface area (Å²) in [6.45, 7) is 1.58.